The fraction of sp³-hybridized carbons (Fsp3) is 0.111. The first-order chi connectivity index (χ1) is 23.2. The van der Waals surface area contributed by atoms with E-state index in [-0.39, 0.29) is 6.04 Å². The van der Waals surface area contributed by atoms with E-state index in [9.17, 15) is 0 Å². The molecule has 0 heterocycles. The van der Waals surface area contributed by atoms with Gasteiger partial charge >= 0.3 is 0 Å². The van der Waals surface area contributed by atoms with Crippen LogP contribution in [0.1, 0.15) is 19.3 Å². The van der Waals surface area contributed by atoms with Crippen LogP contribution in [0.2, 0.25) is 0 Å². The predicted molar refractivity (Wildman–Crippen MR) is 201 cm³/mol. The molecule has 0 aliphatic heterocycles. The highest BCUT2D eigenvalue weighted by atomic mass is 15.2. The minimum absolute atomic E-state index is 0.250. The lowest BCUT2D eigenvalue weighted by molar-refractivity contribution is 0.745. The Hall–Kier alpha value is -5.60. The molecule has 2 aliphatic rings. The number of fused-ring (bicyclic) bond motifs is 1. The number of rotatable bonds is 7. The van der Waals surface area contributed by atoms with Gasteiger partial charge in [-0.3, -0.25) is 0 Å². The molecule has 6 aromatic carbocycles. The van der Waals surface area contributed by atoms with Crippen molar-refractivity contribution in [3.63, 3.8) is 0 Å². The third-order valence-electron chi connectivity index (χ3n) is 9.70. The van der Waals surface area contributed by atoms with Crippen LogP contribution in [-0.4, -0.2) is 13.1 Å². The second-order valence-electron chi connectivity index (χ2n) is 12.6. The number of hydrogen-bond donors (Lipinski definition) is 0. The highest BCUT2D eigenvalue weighted by molar-refractivity contribution is 5.87. The maximum Gasteiger partial charge on any atom is 0.0565 e. The molecule has 0 saturated carbocycles. The second-order valence-corrected chi connectivity index (χ2v) is 12.6. The van der Waals surface area contributed by atoms with Gasteiger partial charge in [0.05, 0.1) is 6.04 Å². The largest absolute Gasteiger partial charge is 0.345 e. The molecule has 0 saturated heterocycles. The van der Waals surface area contributed by atoms with Gasteiger partial charge in [-0.25, -0.2) is 0 Å². The third-order valence-corrected chi connectivity index (χ3v) is 9.70. The zero-order chi connectivity index (χ0) is 31.6. The van der Waals surface area contributed by atoms with Crippen molar-refractivity contribution in [3.8, 4) is 22.3 Å². The highest BCUT2D eigenvalue weighted by Gasteiger charge is 2.24. The Labute approximate surface area is 278 Å². The molecule has 228 valence electrons. The monoisotopic (exact) mass is 606 g/mol. The minimum Gasteiger partial charge on any atom is -0.345 e. The Morgan fingerprint density at radius 3 is 1.70 bits per heavy atom. The summed E-state index contributed by atoms with van der Waals surface area (Å²) in [6.07, 6.45) is 12.8. The fourth-order valence-corrected chi connectivity index (χ4v) is 7.03. The van der Waals surface area contributed by atoms with E-state index in [4.69, 9.17) is 0 Å². The lowest BCUT2D eigenvalue weighted by Gasteiger charge is -2.35. The Kier molecular flexibility index (Phi) is 7.77. The summed E-state index contributed by atoms with van der Waals surface area (Å²) < 4.78 is 0. The van der Waals surface area contributed by atoms with Crippen molar-refractivity contribution >= 4 is 33.5 Å². The first-order valence-corrected chi connectivity index (χ1v) is 16.6. The summed E-state index contributed by atoms with van der Waals surface area (Å²) in [4.78, 5) is 4.75. The molecule has 8 rings (SSSR count). The van der Waals surface area contributed by atoms with Crippen LogP contribution < -0.4 is 9.80 Å². The summed E-state index contributed by atoms with van der Waals surface area (Å²) in [7, 11) is 2.13. The zero-order valence-electron chi connectivity index (χ0n) is 26.8. The molecule has 2 nitrogen and oxygen atoms in total. The van der Waals surface area contributed by atoms with Crippen molar-refractivity contribution in [1.82, 2.24) is 0 Å². The molecule has 0 radical (unpaired) electrons. The molecule has 2 aliphatic carbocycles. The topological polar surface area (TPSA) is 6.48 Å². The van der Waals surface area contributed by atoms with Gasteiger partial charge < -0.3 is 9.80 Å². The Bertz CT molecular complexity index is 2100. The summed E-state index contributed by atoms with van der Waals surface area (Å²) in [5.41, 5.74) is 12.6. The first-order valence-electron chi connectivity index (χ1n) is 16.6. The fourth-order valence-electron chi connectivity index (χ4n) is 7.03. The van der Waals surface area contributed by atoms with Crippen LogP contribution in [0, 0.1) is 0 Å². The number of benzene rings is 6. The van der Waals surface area contributed by atoms with E-state index in [2.05, 4.69) is 187 Å². The molecule has 0 amide bonds. The summed E-state index contributed by atoms with van der Waals surface area (Å²) >= 11 is 0. The molecule has 1 atom stereocenters. The van der Waals surface area contributed by atoms with Gasteiger partial charge in [-0.05, 0) is 112 Å². The zero-order valence-corrected chi connectivity index (χ0v) is 26.8. The maximum absolute atomic E-state index is 2.51. The van der Waals surface area contributed by atoms with Crippen molar-refractivity contribution in [2.75, 3.05) is 16.8 Å². The number of nitrogens with zero attached hydrogens (tertiary/aromatic N) is 2. The highest BCUT2D eigenvalue weighted by Crippen LogP contribution is 2.38. The van der Waals surface area contributed by atoms with Crippen LogP contribution in [0.4, 0.5) is 22.7 Å². The molecule has 47 heavy (non-hydrogen) atoms. The molecule has 1 unspecified atom stereocenters. The first kappa shape index (κ1) is 28.8. The van der Waals surface area contributed by atoms with Crippen molar-refractivity contribution in [1.29, 1.82) is 0 Å². The SMILES string of the molecule is CN(c1ccc(-c2ccccc2)cc1)c1ccc(-c2ccc(N(c3ccc4ccccc4c3)C3C=CC4=C(C=CCC4)C3)cc2)cc1. The normalized spacial score (nSPS) is 15.5. The summed E-state index contributed by atoms with van der Waals surface area (Å²) in [6.45, 7) is 0. The van der Waals surface area contributed by atoms with Crippen LogP contribution in [0.5, 0.6) is 0 Å². The van der Waals surface area contributed by atoms with Crippen LogP contribution in [-0.2, 0) is 0 Å². The van der Waals surface area contributed by atoms with Gasteiger partial charge in [0.15, 0.2) is 0 Å². The van der Waals surface area contributed by atoms with E-state index in [0.717, 1.165) is 24.9 Å². The molecule has 0 N–H and O–H groups in total. The van der Waals surface area contributed by atoms with Crippen LogP contribution >= 0.6 is 0 Å². The van der Waals surface area contributed by atoms with Gasteiger partial charge in [0.25, 0.3) is 0 Å². The van der Waals surface area contributed by atoms with E-state index in [1.807, 2.05) is 0 Å². The van der Waals surface area contributed by atoms with Crippen LogP contribution in [0.3, 0.4) is 0 Å². The minimum atomic E-state index is 0.250. The summed E-state index contributed by atoms with van der Waals surface area (Å²) in [5.74, 6) is 0. The second kappa shape index (κ2) is 12.7. The van der Waals surface area contributed by atoms with Crippen molar-refractivity contribution < 1.29 is 0 Å². The van der Waals surface area contributed by atoms with Gasteiger partial charge in [-0.1, -0.05) is 121 Å². The maximum atomic E-state index is 2.51. The molecule has 0 fully saturated rings. The van der Waals surface area contributed by atoms with E-state index in [1.54, 1.807) is 0 Å². The number of allylic oxidation sites excluding steroid dienone is 4. The van der Waals surface area contributed by atoms with Crippen LogP contribution in [0.15, 0.2) is 181 Å². The quantitative estimate of drug-likeness (QED) is 0.178. The Morgan fingerprint density at radius 1 is 0.489 bits per heavy atom. The van der Waals surface area contributed by atoms with Crippen molar-refractivity contribution in [2.45, 2.75) is 25.3 Å². The molecule has 0 spiro atoms. The summed E-state index contributed by atoms with van der Waals surface area (Å²) in [5, 5.41) is 2.53. The standard InChI is InChI=1S/C45H38N2/c1-46(41-23-15-36(16-24-41)33-9-3-2-4-10-33)42-25-17-37(18-26-42)38-19-27-43(28-20-38)47(44-29-21-34-11-5-7-13-39(34)31-44)45-30-22-35-12-6-8-14-40(35)32-45/h2-5,7-11,13-31,45H,6,12,32H2,1H3. The number of anilines is 4. The summed E-state index contributed by atoms with van der Waals surface area (Å²) in [6, 6.07) is 53.0. The molecule has 0 bridgehead atoms. The average Bonchev–Trinajstić information content (AvgIpc) is 3.15. The Balaban J connectivity index is 1.04. The lowest BCUT2D eigenvalue weighted by Crippen LogP contribution is -2.31. The number of hydrogen-bond acceptors (Lipinski definition) is 2. The van der Waals surface area contributed by atoms with Gasteiger partial charge in [0.2, 0.25) is 0 Å². The van der Waals surface area contributed by atoms with E-state index in [0.29, 0.717) is 0 Å². The van der Waals surface area contributed by atoms with E-state index >= 15 is 0 Å². The van der Waals surface area contributed by atoms with E-state index < -0.39 is 0 Å². The van der Waals surface area contributed by atoms with Gasteiger partial charge in [-0.15, -0.1) is 0 Å². The van der Waals surface area contributed by atoms with Gasteiger partial charge in [0.1, 0.15) is 0 Å². The van der Waals surface area contributed by atoms with Crippen LogP contribution in [0.25, 0.3) is 33.0 Å². The van der Waals surface area contributed by atoms with Crippen molar-refractivity contribution in [3.05, 3.63) is 181 Å². The molecular weight excluding hydrogens is 569 g/mol. The smallest absolute Gasteiger partial charge is 0.0565 e. The van der Waals surface area contributed by atoms with E-state index in [1.165, 1.54) is 61.2 Å². The third kappa shape index (κ3) is 5.91. The van der Waals surface area contributed by atoms with Gasteiger partial charge in [0, 0.05) is 29.8 Å². The molecular formula is C45H38N2. The predicted octanol–water partition coefficient (Wildman–Crippen LogP) is 12.1. The average molecular weight is 607 g/mol. The molecule has 0 aromatic heterocycles. The lowest BCUT2D eigenvalue weighted by atomic mass is 9.87. The molecule has 2 heteroatoms. The van der Waals surface area contributed by atoms with Crippen molar-refractivity contribution in [2.24, 2.45) is 0 Å². The Morgan fingerprint density at radius 2 is 1.04 bits per heavy atom. The van der Waals surface area contributed by atoms with Gasteiger partial charge in [-0.2, -0.15) is 0 Å². The molecule has 6 aromatic rings.